The van der Waals surface area contributed by atoms with E-state index in [1.54, 1.807) is 11.3 Å². The molecule has 4 nitrogen and oxygen atoms in total. The van der Waals surface area contributed by atoms with Crippen molar-refractivity contribution in [3.05, 3.63) is 41.3 Å². The van der Waals surface area contributed by atoms with E-state index in [4.69, 9.17) is 0 Å². The van der Waals surface area contributed by atoms with E-state index in [0.717, 1.165) is 51.2 Å². The largest absolute Gasteiger partial charge is 0.338 e. The van der Waals surface area contributed by atoms with Gasteiger partial charge in [0.05, 0.1) is 9.58 Å². The number of nitrogens with one attached hydrogen (secondary N) is 1. The van der Waals surface area contributed by atoms with E-state index in [0.29, 0.717) is 0 Å². The minimum absolute atomic E-state index is 0.158. The molecule has 1 aliphatic heterocycles. The summed E-state index contributed by atoms with van der Waals surface area (Å²) < 4.78 is 1.07. The molecule has 3 aromatic rings. The zero-order chi connectivity index (χ0) is 14.9. The quantitative estimate of drug-likeness (QED) is 0.777. The van der Waals surface area contributed by atoms with Crippen LogP contribution in [0.25, 0.3) is 9.53 Å². The third kappa shape index (κ3) is 2.60. The van der Waals surface area contributed by atoms with Crippen molar-refractivity contribution in [3.8, 4) is 0 Å². The number of carbonyl (C=O) groups is 1. The fraction of sp³-hybridized carbons (Fsp3) is 0.250. The van der Waals surface area contributed by atoms with Crippen LogP contribution in [0.4, 0.5) is 10.8 Å². The number of hydrogen-bond donors (Lipinski definition) is 1. The molecule has 0 saturated carbocycles. The molecule has 0 aliphatic carbocycles. The van der Waals surface area contributed by atoms with Crippen molar-refractivity contribution in [1.29, 1.82) is 0 Å². The lowest BCUT2D eigenvalue weighted by Gasteiger charge is -2.13. The molecular weight excluding hydrogens is 314 g/mol. The SMILES string of the molecule is O=C(c1cc2sc(Nc3ccccc3)nc2s1)N1CCCC1. The molecule has 1 saturated heterocycles. The maximum absolute atomic E-state index is 12.4. The Bertz CT molecular complexity index is 772. The smallest absolute Gasteiger partial charge is 0.264 e. The molecule has 2 aromatic heterocycles. The maximum atomic E-state index is 12.4. The number of thiazole rings is 1. The van der Waals surface area contributed by atoms with Crippen molar-refractivity contribution < 1.29 is 4.79 Å². The molecular formula is C16H15N3OS2. The fourth-order valence-electron chi connectivity index (χ4n) is 2.61. The first kappa shape index (κ1) is 13.7. The van der Waals surface area contributed by atoms with Crippen LogP contribution in [0, 0.1) is 0 Å². The molecule has 1 aromatic carbocycles. The van der Waals surface area contributed by atoms with Gasteiger partial charge in [0, 0.05) is 18.8 Å². The van der Waals surface area contributed by atoms with Crippen LogP contribution in [0.1, 0.15) is 22.5 Å². The number of rotatable bonds is 3. The minimum atomic E-state index is 0.158. The second-order valence-corrected chi connectivity index (χ2v) is 7.35. The Morgan fingerprint density at radius 2 is 1.91 bits per heavy atom. The zero-order valence-corrected chi connectivity index (χ0v) is 13.5. The first-order chi connectivity index (χ1) is 10.8. The second-order valence-electron chi connectivity index (χ2n) is 5.29. The number of para-hydroxylation sites is 1. The highest BCUT2D eigenvalue weighted by Crippen LogP contribution is 2.34. The number of benzene rings is 1. The number of amides is 1. The van der Waals surface area contributed by atoms with E-state index in [9.17, 15) is 4.79 Å². The third-order valence-corrected chi connectivity index (χ3v) is 5.78. The monoisotopic (exact) mass is 329 g/mol. The average Bonchev–Trinajstić information content (AvgIpc) is 3.23. The van der Waals surface area contributed by atoms with Crippen molar-refractivity contribution in [2.75, 3.05) is 18.4 Å². The summed E-state index contributed by atoms with van der Waals surface area (Å²) in [6, 6.07) is 12.0. The van der Waals surface area contributed by atoms with Gasteiger partial charge in [0.1, 0.15) is 4.83 Å². The highest BCUT2D eigenvalue weighted by molar-refractivity contribution is 7.29. The van der Waals surface area contributed by atoms with E-state index < -0.39 is 0 Å². The number of thiophene rings is 1. The van der Waals surface area contributed by atoms with E-state index in [1.807, 2.05) is 41.3 Å². The van der Waals surface area contributed by atoms with Crippen molar-refractivity contribution in [3.63, 3.8) is 0 Å². The van der Waals surface area contributed by atoms with Gasteiger partial charge in [-0.2, -0.15) is 0 Å². The number of likely N-dealkylation sites (tertiary alicyclic amines) is 1. The summed E-state index contributed by atoms with van der Waals surface area (Å²) in [5.41, 5.74) is 1.03. The van der Waals surface area contributed by atoms with Crippen LogP contribution in [0.2, 0.25) is 0 Å². The van der Waals surface area contributed by atoms with E-state index in [-0.39, 0.29) is 5.91 Å². The Balaban J connectivity index is 1.56. The molecule has 22 heavy (non-hydrogen) atoms. The number of carbonyl (C=O) groups excluding carboxylic acids is 1. The lowest BCUT2D eigenvalue weighted by atomic mass is 10.3. The number of fused-ring (bicyclic) bond motifs is 1. The highest BCUT2D eigenvalue weighted by Gasteiger charge is 2.22. The van der Waals surface area contributed by atoms with Crippen LogP contribution in [0.3, 0.4) is 0 Å². The predicted octanol–water partition coefficient (Wildman–Crippen LogP) is 4.34. The van der Waals surface area contributed by atoms with Gasteiger partial charge in [-0.3, -0.25) is 4.79 Å². The van der Waals surface area contributed by atoms with Gasteiger partial charge in [-0.15, -0.1) is 11.3 Å². The molecule has 6 heteroatoms. The van der Waals surface area contributed by atoms with Gasteiger partial charge in [0.15, 0.2) is 5.13 Å². The highest BCUT2D eigenvalue weighted by atomic mass is 32.1. The molecule has 3 heterocycles. The zero-order valence-electron chi connectivity index (χ0n) is 11.9. The van der Waals surface area contributed by atoms with Crippen molar-refractivity contribution >= 4 is 48.9 Å². The summed E-state index contributed by atoms with van der Waals surface area (Å²) in [6.45, 7) is 1.78. The van der Waals surface area contributed by atoms with Gasteiger partial charge in [-0.25, -0.2) is 4.98 Å². The Labute approximate surface area is 136 Å². The van der Waals surface area contributed by atoms with E-state index in [2.05, 4.69) is 10.3 Å². The van der Waals surface area contributed by atoms with E-state index >= 15 is 0 Å². The summed E-state index contributed by atoms with van der Waals surface area (Å²) in [7, 11) is 0. The van der Waals surface area contributed by atoms with Crippen LogP contribution < -0.4 is 5.32 Å². The topological polar surface area (TPSA) is 45.2 Å². The standard InChI is InChI=1S/C16H15N3OS2/c20-15(19-8-4-5-9-19)13-10-12-14(21-13)18-16(22-12)17-11-6-2-1-3-7-11/h1-3,6-7,10H,4-5,8-9H2,(H,17,18). The normalized spacial score (nSPS) is 14.6. The molecule has 0 atom stereocenters. The summed E-state index contributed by atoms with van der Waals surface area (Å²) in [4.78, 5) is 20.7. The minimum Gasteiger partial charge on any atom is -0.338 e. The number of aromatic nitrogens is 1. The second kappa shape index (κ2) is 5.70. The Morgan fingerprint density at radius 3 is 2.64 bits per heavy atom. The van der Waals surface area contributed by atoms with Crippen molar-refractivity contribution in [2.45, 2.75) is 12.8 Å². The number of hydrogen-bond acceptors (Lipinski definition) is 5. The lowest BCUT2D eigenvalue weighted by Crippen LogP contribution is -2.26. The van der Waals surface area contributed by atoms with Gasteiger partial charge in [0.2, 0.25) is 0 Å². The molecule has 4 rings (SSSR count). The summed E-state index contributed by atoms with van der Waals surface area (Å²) >= 11 is 3.08. The maximum Gasteiger partial charge on any atom is 0.264 e. The molecule has 1 amide bonds. The Kier molecular flexibility index (Phi) is 3.56. The molecule has 0 bridgehead atoms. The summed E-state index contributed by atoms with van der Waals surface area (Å²) in [5, 5.41) is 4.17. The molecule has 1 fully saturated rings. The van der Waals surface area contributed by atoms with Crippen LogP contribution in [0.5, 0.6) is 0 Å². The molecule has 1 aliphatic rings. The molecule has 0 unspecified atom stereocenters. The predicted molar refractivity (Wildman–Crippen MR) is 92.4 cm³/mol. The van der Waals surface area contributed by atoms with Gasteiger partial charge in [0.25, 0.3) is 5.91 Å². The van der Waals surface area contributed by atoms with Gasteiger partial charge >= 0.3 is 0 Å². The number of nitrogens with zero attached hydrogens (tertiary/aromatic N) is 2. The molecule has 0 radical (unpaired) electrons. The van der Waals surface area contributed by atoms with Gasteiger partial charge in [-0.05, 0) is 31.0 Å². The molecule has 112 valence electrons. The third-order valence-electron chi connectivity index (χ3n) is 3.72. The summed E-state index contributed by atoms with van der Waals surface area (Å²) in [5.74, 6) is 0.158. The van der Waals surface area contributed by atoms with Crippen molar-refractivity contribution in [1.82, 2.24) is 9.88 Å². The van der Waals surface area contributed by atoms with Crippen LogP contribution in [-0.2, 0) is 0 Å². The van der Waals surface area contributed by atoms with Crippen LogP contribution >= 0.6 is 22.7 Å². The van der Waals surface area contributed by atoms with Crippen LogP contribution in [0.15, 0.2) is 36.4 Å². The molecule has 0 spiro atoms. The molecule has 1 N–H and O–H groups in total. The van der Waals surface area contributed by atoms with Crippen molar-refractivity contribution in [2.24, 2.45) is 0 Å². The Hall–Kier alpha value is -1.92. The number of anilines is 2. The van der Waals surface area contributed by atoms with Gasteiger partial charge in [-0.1, -0.05) is 29.5 Å². The lowest BCUT2D eigenvalue weighted by molar-refractivity contribution is 0.0797. The summed E-state index contributed by atoms with van der Waals surface area (Å²) in [6.07, 6.45) is 2.24. The first-order valence-corrected chi connectivity index (χ1v) is 8.94. The van der Waals surface area contributed by atoms with Gasteiger partial charge < -0.3 is 10.2 Å². The average molecular weight is 329 g/mol. The fourth-order valence-corrected chi connectivity index (χ4v) is 4.72. The van der Waals surface area contributed by atoms with Crippen LogP contribution in [-0.4, -0.2) is 28.9 Å². The first-order valence-electron chi connectivity index (χ1n) is 7.31. The van der Waals surface area contributed by atoms with E-state index in [1.165, 1.54) is 11.3 Å². The Morgan fingerprint density at radius 1 is 1.14 bits per heavy atom.